The molecule has 1 saturated carbocycles. The van der Waals surface area contributed by atoms with Gasteiger partial charge in [0.2, 0.25) is 0 Å². The van der Waals surface area contributed by atoms with E-state index in [-0.39, 0.29) is 4.65 Å². The molecule has 2 aliphatic rings. The fourth-order valence-corrected chi connectivity index (χ4v) is 2.84. The minimum Gasteiger partial charge on any atom is -0.370 e. The Bertz CT molecular complexity index is 190. The van der Waals surface area contributed by atoms with Gasteiger partial charge in [-0.2, -0.15) is 4.65 Å². The number of hydrogen-bond acceptors (Lipinski definition) is 2. The van der Waals surface area contributed by atoms with Crippen molar-refractivity contribution in [3.05, 3.63) is 0 Å². The maximum atomic E-state index is 10.3. The van der Waals surface area contributed by atoms with Gasteiger partial charge in [0.1, 0.15) is 19.6 Å². The van der Waals surface area contributed by atoms with Gasteiger partial charge in [0, 0.05) is 5.92 Å². The van der Waals surface area contributed by atoms with E-state index in [0.717, 1.165) is 44.7 Å². The Hall–Kier alpha value is -0.120. The van der Waals surface area contributed by atoms with E-state index >= 15 is 0 Å². The first-order chi connectivity index (χ1) is 6.68. The van der Waals surface area contributed by atoms with Crippen molar-refractivity contribution in [3.8, 4) is 0 Å². The Morgan fingerprint density at radius 1 is 1.29 bits per heavy atom. The first-order valence-electron chi connectivity index (χ1n) is 5.84. The Balaban J connectivity index is 1.83. The van der Waals surface area contributed by atoms with Crippen LogP contribution in [-0.4, -0.2) is 42.7 Å². The van der Waals surface area contributed by atoms with Crippen LogP contribution in [0.5, 0.6) is 0 Å². The molecule has 1 heterocycles. The van der Waals surface area contributed by atoms with Gasteiger partial charge in [0.05, 0.1) is 13.2 Å². The molecule has 2 fully saturated rings. The Kier molecular flexibility index (Phi) is 3.10. The van der Waals surface area contributed by atoms with Crippen molar-refractivity contribution in [2.45, 2.75) is 26.2 Å². The highest BCUT2D eigenvalue weighted by molar-refractivity contribution is 4.72. The molecule has 0 spiro atoms. The number of hydrogen-bond donors (Lipinski definition) is 1. The van der Waals surface area contributed by atoms with Crippen LogP contribution in [0.4, 0.5) is 0 Å². The predicted molar refractivity (Wildman–Crippen MR) is 54.0 cm³/mol. The molecule has 2 rings (SSSR count). The van der Waals surface area contributed by atoms with Gasteiger partial charge < -0.3 is 4.74 Å². The molecule has 1 saturated heterocycles. The van der Waals surface area contributed by atoms with Crippen molar-refractivity contribution in [2.75, 3.05) is 32.8 Å². The van der Waals surface area contributed by atoms with Crippen LogP contribution < -0.4 is 0 Å². The van der Waals surface area contributed by atoms with Crippen molar-refractivity contribution in [3.63, 3.8) is 0 Å². The van der Waals surface area contributed by atoms with Crippen LogP contribution in [0.15, 0.2) is 0 Å². The highest BCUT2D eigenvalue weighted by Crippen LogP contribution is 2.32. The lowest BCUT2D eigenvalue weighted by molar-refractivity contribution is -1.11. The highest BCUT2D eigenvalue weighted by atomic mass is 16.6. The summed E-state index contributed by atoms with van der Waals surface area (Å²) in [7, 11) is 0. The summed E-state index contributed by atoms with van der Waals surface area (Å²) in [6.45, 7) is 6.28. The van der Waals surface area contributed by atoms with E-state index in [1.807, 2.05) is 0 Å². The molecule has 0 aromatic carbocycles. The van der Waals surface area contributed by atoms with Gasteiger partial charge in [-0.15, -0.1) is 0 Å². The summed E-state index contributed by atoms with van der Waals surface area (Å²) >= 11 is 0. The van der Waals surface area contributed by atoms with Gasteiger partial charge in [0.15, 0.2) is 0 Å². The standard InChI is InChI=1S/C11H22NO2/c1-10-2-3-11(8-10)9-12(13)4-6-14-7-5-12/h10-11,13H,2-9H2,1H3/q+1. The van der Waals surface area contributed by atoms with Gasteiger partial charge in [-0.3, -0.25) is 0 Å². The molecule has 3 heteroatoms. The van der Waals surface area contributed by atoms with Crippen LogP contribution in [0.3, 0.4) is 0 Å². The zero-order chi connectivity index (χ0) is 10.0. The summed E-state index contributed by atoms with van der Waals surface area (Å²) in [4.78, 5) is 0. The Morgan fingerprint density at radius 3 is 2.57 bits per heavy atom. The molecule has 0 aromatic heterocycles. The van der Waals surface area contributed by atoms with E-state index in [2.05, 4.69) is 6.92 Å². The molecule has 2 atom stereocenters. The Morgan fingerprint density at radius 2 is 2.00 bits per heavy atom. The van der Waals surface area contributed by atoms with Gasteiger partial charge in [-0.05, 0) is 18.8 Å². The normalized spacial score (nSPS) is 37.3. The second-order valence-corrected chi connectivity index (χ2v) is 5.12. The van der Waals surface area contributed by atoms with Crippen LogP contribution in [0.25, 0.3) is 0 Å². The number of nitrogens with zero attached hydrogens (tertiary/aromatic N) is 1. The summed E-state index contributed by atoms with van der Waals surface area (Å²) < 4.78 is 5.54. The smallest absolute Gasteiger partial charge is 0.132 e. The van der Waals surface area contributed by atoms with Gasteiger partial charge in [-0.25, -0.2) is 5.21 Å². The van der Waals surface area contributed by atoms with Crippen LogP contribution >= 0.6 is 0 Å². The topological polar surface area (TPSA) is 29.5 Å². The Labute approximate surface area is 86.2 Å². The van der Waals surface area contributed by atoms with Gasteiger partial charge in [-0.1, -0.05) is 13.3 Å². The fraction of sp³-hybridized carbons (Fsp3) is 1.00. The lowest BCUT2D eigenvalue weighted by Gasteiger charge is -2.35. The lowest BCUT2D eigenvalue weighted by atomic mass is 10.1. The summed E-state index contributed by atoms with van der Waals surface area (Å²) in [5.74, 6) is 1.61. The van der Waals surface area contributed by atoms with E-state index in [9.17, 15) is 5.21 Å². The lowest BCUT2D eigenvalue weighted by Crippen LogP contribution is -2.54. The van der Waals surface area contributed by atoms with Crippen LogP contribution in [0, 0.1) is 11.8 Å². The minimum atomic E-state index is 0.261. The SMILES string of the molecule is CC1CCC(C[N+]2(O)CCOCC2)C1. The maximum absolute atomic E-state index is 10.3. The van der Waals surface area contributed by atoms with Crippen LogP contribution in [-0.2, 0) is 4.74 Å². The summed E-state index contributed by atoms with van der Waals surface area (Å²) in [6.07, 6.45) is 3.96. The van der Waals surface area contributed by atoms with Gasteiger partial charge in [0.25, 0.3) is 0 Å². The molecule has 0 amide bonds. The van der Waals surface area contributed by atoms with E-state index in [1.165, 1.54) is 19.3 Å². The summed E-state index contributed by atoms with van der Waals surface area (Å²) in [5, 5.41) is 10.3. The largest absolute Gasteiger partial charge is 0.370 e. The van der Waals surface area contributed by atoms with Crippen molar-refractivity contribution in [1.82, 2.24) is 0 Å². The third-order valence-electron chi connectivity index (χ3n) is 3.71. The van der Waals surface area contributed by atoms with Crippen LogP contribution in [0.1, 0.15) is 26.2 Å². The number of quaternary nitrogens is 1. The molecule has 1 aliphatic heterocycles. The molecule has 1 aliphatic carbocycles. The number of morpholine rings is 1. The first-order valence-corrected chi connectivity index (χ1v) is 5.84. The average Bonchev–Trinajstić information content (AvgIpc) is 2.51. The molecule has 0 radical (unpaired) electrons. The molecular weight excluding hydrogens is 178 g/mol. The van der Waals surface area contributed by atoms with E-state index in [4.69, 9.17) is 4.74 Å². The van der Waals surface area contributed by atoms with Crippen molar-refractivity contribution in [1.29, 1.82) is 0 Å². The maximum Gasteiger partial charge on any atom is 0.132 e. The summed E-state index contributed by atoms with van der Waals surface area (Å²) in [5.41, 5.74) is 0. The number of rotatable bonds is 2. The molecule has 0 aromatic rings. The predicted octanol–water partition coefficient (Wildman–Crippen LogP) is 1.66. The molecule has 1 N–H and O–H groups in total. The number of ether oxygens (including phenoxy) is 1. The molecule has 14 heavy (non-hydrogen) atoms. The molecule has 82 valence electrons. The van der Waals surface area contributed by atoms with E-state index in [0.29, 0.717) is 0 Å². The zero-order valence-electron chi connectivity index (χ0n) is 9.11. The average molecular weight is 200 g/mol. The number of hydroxylamine groups is 3. The third kappa shape index (κ3) is 2.47. The van der Waals surface area contributed by atoms with Gasteiger partial charge >= 0.3 is 0 Å². The fourth-order valence-electron chi connectivity index (χ4n) is 2.84. The van der Waals surface area contributed by atoms with E-state index < -0.39 is 0 Å². The quantitative estimate of drug-likeness (QED) is 0.687. The summed E-state index contributed by atoms with van der Waals surface area (Å²) in [6, 6.07) is 0. The molecule has 2 unspecified atom stereocenters. The van der Waals surface area contributed by atoms with Crippen LogP contribution in [0.2, 0.25) is 0 Å². The first kappa shape index (κ1) is 10.4. The van der Waals surface area contributed by atoms with E-state index in [1.54, 1.807) is 0 Å². The molecular formula is C11H22NO2+. The molecule has 0 bridgehead atoms. The van der Waals surface area contributed by atoms with Crippen molar-refractivity contribution >= 4 is 0 Å². The minimum absolute atomic E-state index is 0.261. The highest BCUT2D eigenvalue weighted by Gasteiger charge is 2.34. The zero-order valence-corrected chi connectivity index (χ0v) is 9.11. The second-order valence-electron chi connectivity index (χ2n) is 5.12. The third-order valence-corrected chi connectivity index (χ3v) is 3.71. The second kappa shape index (κ2) is 4.17. The molecule has 3 nitrogen and oxygen atoms in total. The van der Waals surface area contributed by atoms with Crippen molar-refractivity contribution < 1.29 is 14.6 Å². The monoisotopic (exact) mass is 200 g/mol. The van der Waals surface area contributed by atoms with Crippen molar-refractivity contribution in [2.24, 2.45) is 11.8 Å².